The SMILES string of the molecule is O=c1cc(C(F)F)ncn1CC1CCN(CC2(O)CCOC2)CC1. The van der Waals surface area contributed by atoms with Crippen molar-refractivity contribution in [1.29, 1.82) is 0 Å². The topological polar surface area (TPSA) is 67.6 Å². The van der Waals surface area contributed by atoms with Crippen molar-refractivity contribution in [2.75, 3.05) is 32.8 Å². The lowest BCUT2D eigenvalue weighted by molar-refractivity contribution is -0.0125. The van der Waals surface area contributed by atoms with Crippen LogP contribution in [0.5, 0.6) is 0 Å². The summed E-state index contributed by atoms with van der Waals surface area (Å²) in [5, 5.41) is 10.4. The minimum Gasteiger partial charge on any atom is -0.386 e. The summed E-state index contributed by atoms with van der Waals surface area (Å²) in [6, 6.07) is 0.912. The van der Waals surface area contributed by atoms with E-state index >= 15 is 0 Å². The lowest BCUT2D eigenvalue weighted by atomic mass is 9.94. The zero-order valence-corrected chi connectivity index (χ0v) is 13.5. The lowest BCUT2D eigenvalue weighted by Gasteiger charge is -2.36. The van der Waals surface area contributed by atoms with Gasteiger partial charge in [-0.25, -0.2) is 13.8 Å². The van der Waals surface area contributed by atoms with Crippen LogP contribution in [0.2, 0.25) is 0 Å². The molecular weight excluding hydrogens is 320 g/mol. The summed E-state index contributed by atoms with van der Waals surface area (Å²) in [6.45, 7) is 3.82. The van der Waals surface area contributed by atoms with Crippen LogP contribution in [-0.4, -0.2) is 58.0 Å². The number of ether oxygens (including phenoxy) is 1. The standard InChI is InChI=1S/C16H23F2N3O3/c17-15(18)13-7-14(22)21(11-19-13)8-12-1-4-20(5-2-12)9-16(23)3-6-24-10-16/h7,11-12,15,23H,1-6,8-10H2. The quantitative estimate of drug-likeness (QED) is 0.865. The van der Waals surface area contributed by atoms with Gasteiger partial charge in [-0.15, -0.1) is 0 Å². The number of aliphatic hydroxyl groups is 1. The van der Waals surface area contributed by atoms with E-state index in [1.165, 1.54) is 10.9 Å². The van der Waals surface area contributed by atoms with Gasteiger partial charge in [0.1, 0.15) is 11.3 Å². The molecule has 1 aromatic rings. The van der Waals surface area contributed by atoms with E-state index < -0.39 is 23.3 Å². The van der Waals surface area contributed by atoms with Crippen LogP contribution in [0, 0.1) is 5.92 Å². The summed E-state index contributed by atoms with van der Waals surface area (Å²) in [5.41, 5.74) is -1.64. The second-order valence-electron chi connectivity index (χ2n) is 6.85. The fourth-order valence-electron chi connectivity index (χ4n) is 3.44. The molecular formula is C16H23F2N3O3. The van der Waals surface area contributed by atoms with Gasteiger partial charge in [-0.2, -0.15) is 0 Å². The van der Waals surface area contributed by atoms with E-state index in [1.54, 1.807) is 0 Å². The fourth-order valence-corrected chi connectivity index (χ4v) is 3.44. The van der Waals surface area contributed by atoms with Crippen LogP contribution in [0.15, 0.2) is 17.2 Å². The predicted molar refractivity (Wildman–Crippen MR) is 83.0 cm³/mol. The predicted octanol–water partition coefficient (Wildman–Crippen LogP) is 1.04. The first kappa shape index (κ1) is 17.4. The highest BCUT2D eigenvalue weighted by Crippen LogP contribution is 2.24. The Kier molecular flexibility index (Phi) is 5.27. The number of likely N-dealkylation sites (tertiary alicyclic amines) is 1. The average Bonchev–Trinajstić information content (AvgIpc) is 2.97. The zero-order chi connectivity index (χ0) is 17.2. The molecule has 24 heavy (non-hydrogen) atoms. The molecule has 1 N–H and O–H groups in total. The summed E-state index contributed by atoms with van der Waals surface area (Å²) in [6.07, 6.45) is 0.972. The number of alkyl halides is 2. The monoisotopic (exact) mass is 343 g/mol. The summed E-state index contributed by atoms with van der Waals surface area (Å²) >= 11 is 0. The van der Waals surface area contributed by atoms with Gasteiger partial charge in [0.2, 0.25) is 0 Å². The third-order valence-corrected chi connectivity index (χ3v) is 4.89. The van der Waals surface area contributed by atoms with Crippen LogP contribution in [0.25, 0.3) is 0 Å². The Hall–Kier alpha value is -1.38. The highest BCUT2D eigenvalue weighted by Gasteiger charge is 2.35. The maximum Gasteiger partial charge on any atom is 0.280 e. The molecule has 0 bridgehead atoms. The van der Waals surface area contributed by atoms with Gasteiger partial charge >= 0.3 is 0 Å². The maximum atomic E-state index is 12.5. The van der Waals surface area contributed by atoms with Crippen molar-refractivity contribution in [1.82, 2.24) is 14.5 Å². The van der Waals surface area contributed by atoms with Crippen molar-refractivity contribution >= 4 is 0 Å². The number of piperidine rings is 1. The van der Waals surface area contributed by atoms with Gasteiger partial charge in [-0.1, -0.05) is 0 Å². The second kappa shape index (κ2) is 7.25. The molecule has 0 amide bonds. The first-order valence-corrected chi connectivity index (χ1v) is 8.32. The number of β-amino-alcohol motifs (C(OH)–C–C–N with tert-alkyl or cyclic N) is 1. The first-order valence-electron chi connectivity index (χ1n) is 8.32. The number of hydrogen-bond donors (Lipinski definition) is 1. The van der Waals surface area contributed by atoms with E-state index in [4.69, 9.17) is 4.74 Å². The van der Waals surface area contributed by atoms with E-state index in [1.807, 2.05) is 0 Å². The molecule has 1 aromatic heterocycles. The number of rotatable bonds is 5. The number of hydrogen-bond acceptors (Lipinski definition) is 5. The molecule has 0 spiro atoms. The highest BCUT2D eigenvalue weighted by atomic mass is 19.3. The molecule has 0 saturated carbocycles. The smallest absolute Gasteiger partial charge is 0.280 e. The van der Waals surface area contributed by atoms with E-state index in [0.717, 1.165) is 32.0 Å². The average molecular weight is 343 g/mol. The third-order valence-electron chi connectivity index (χ3n) is 4.89. The van der Waals surface area contributed by atoms with Crippen LogP contribution < -0.4 is 5.56 Å². The van der Waals surface area contributed by atoms with Crippen molar-refractivity contribution in [3.05, 3.63) is 28.4 Å². The molecule has 2 fully saturated rings. The Morgan fingerprint density at radius 2 is 2.17 bits per heavy atom. The number of aromatic nitrogens is 2. The van der Waals surface area contributed by atoms with Crippen LogP contribution in [-0.2, 0) is 11.3 Å². The van der Waals surface area contributed by atoms with E-state index in [9.17, 15) is 18.7 Å². The Bertz CT molecular complexity index is 609. The molecule has 2 aliphatic heterocycles. The normalized spacial score (nSPS) is 26.3. The van der Waals surface area contributed by atoms with Gasteiger partial charge in [-0.3, -0.25) is 9.36 Å². The Labute approximate surface area is 139 Å². The highest BCUT2D eigenvalue weighted by molar-refractivity contribution is 5.01. The minimum absolute atomic E-state index is 0.313. The summed E-state index contributed by atoms with van der Waals surface area (Å²) in [4.78, 5) is 17.8. The van der Waals surface area contributed by atoms with Gasteiger partial charge in [0, 0.05) is 32.2 Å². The molecule has 1 unspecified atom stereocenters. The van der Waals surface area contributed by atoms with E-state index in [2.05, 4.69) is 9.88 Å². The zero-order valence-electron chi connectivity index (χ0n) is 13.5. The number of nitrogens with zero attached hydrogens (tertiary/aromatic N) is 3. The van der Waals surface area contributed by atoms with Crippen molar-refractivity contribution in [2.45, 2.75) is 37.8 Å². The molecule has 8 heteroatoms. The maximum absolute atomic E-state index is 12.5. The molecule has 0 aromatic carbocycles. The van der Waals surface area contributed by atoms with Gasteiger partial charge < -0.3 is 14.7 Å². The lowest BCUT2D eigenvalue weighted by Crippen LogP contribution is -2.47. The Balaban J connectivity index is 1.51. The molecule has 134 valence electrons. The molecule has 0 radical (unpaired) electrons. The van der Waals surface area contributed by atoms with Gasteiger partial charge in [0.05, 0.1) is 12.9 Å². The Morgan fingerprint density at radius 1 is 1.42 bits per heavy atom. The number of halogens is 2. The van der Waals surface area contributed by atoms with Crippen LogP contribution in [0.1, 0.15) is 31.4 Å². The first-order chi connectivity index (χ1) is 11.5. The minimum atomic E-state index is -2.72. The van der Waals surface area contributed by atoms with Gasteiger partial charge in [0.15, 0.2) is 0 Å². The van der Waals surface area contributed by atoms with Gasteiger partial charge in [0.25, 0.3) is 12.0 Å². The molecule has 3 rings (SSSR count). The van der Waals surface area contributed by atoms with Gasteiger partial charge in [-0.05, 0) is 31.8 Å². The van der Waals surface area contributed by atoms with Crippen LogP contribution in [0.4, 0.5) is 8.78 Å². The van der Waals surface area contributed by atoms with Crippen molar-refractivity contribution in [3.8, 4) is 0 Å². The molecule has 2 saturated heterocycles. The largest absolute Gasteiger partial charge is 0.386 e. The third kappa shape index (κ3) is 4.17. The molecule has 6 nitrogen and oxygen atoms in total. The van der Waals surface area contributed by atoms with Crippen molar-refractivity contribution in [3.63, 3.8) is 0 Å². The Morgan fingerprint density at radius 3 is 2.75 bits per heavy atom. The van der Waals surface area contributed by atoms with Crippen LogP contribution in [0.3, 0.4) is 0 Å². The molecule has 3 heterocycles. The molecule has 1 atom stereocenters. The van der Waals surface area contributed by atoms with Crippen molar-refractivity contribution < 1.29 is 18.6 Å². The second-order valence-corrected chi connectivity index (χ2v) is 6.85. The molecule has 2 aliphatic rings. The molecule has 0 aliphatic carbocycles. The summed E-state index contributed by atoms with van der Waals surface area (Å²) < 4.78 is 31.7. The van der Waals surface area contributed by atoms with E-state index in [0.29, 0.717) is 38.6 Å². The van der Waals surface area contributed by atoms with Crippen LogP contribution >= 0.6 is 0 Å². The van der Waals surface area contributed by atoms with Crippen molar-refractivity contribution in [2.24, 2.45) is 5.92 Å². The summed E-state index contributed by atoms with van der Waals surface area (Å²) in [5.74, 6) is 0.313. The summed E-state index contributed by atoms with van der Waals surface area (Å²) in [7, 11) is 0. The van der Waals surface area contributed by atoms with E-state index in [-0.39, 0.29) is 0 Å². The fraction of sp³-hybridized carbons (Fsp3) is 0.750.